The van der Waals surface area contributed by atoms with Crippen LogP contribution in [0, 0.1) is 5.41 Å². The normalized spacial score (nSPS) is 14.7. The van der Waals surface area contributed by atoms with Gasteiger partial charge in [-0.2, -0.15) is 0 Å². The largest absolute Gasteiger partial charge is 0.481 e. The predicted octanol–water partition coefficient (Wildman–Crippen LogP) is -1.15. The molecule has 0 spiro atoms. The molecule has 0 unspecified atom stereocenters. The van der Waals surface area contributed by atoms with Gasteiger partial charge in [-0.15, -0.1) is 0 Å². The molecule has 2 amide bonds. The molecule has 7 N–H and O–H groups in total. The molecule has 0 aliphatic carbocycles. The summed E-state index contributed by atoms with van der Waals surface area (Å²) in [6, 6.07) is -3.73. The highest BCUT2D eigenvalue weighted by atomic mass is 16.4. The summed E-state index contributed by atoms with van der Waals surface area (Å²) in [7, 11) is 0. The van der Waals surface area contributed by atoms with E-state index in [9.17, 15) is 19.2 Å². The Kier molecular flexibility index (Phi) is 7.46. The van der Waals surface area contributed by atoms with Crippen molar-refractivity contribution in [2.75, 3.05) is 0 Å². The lowest BCUT2D eigenvalue weighted by Crippen LogP contribution is -2.57. The molecule has 0 aromatic carbocycles. The topological polar surface area (TPSA) is 187 Å². The zero-order chi connectivity index (χ0) is 20.8. The number of imidazole rings is 1. The van der Waals surface area contributed by atoms with Crippen LogP contribution < -0.4 is 16.4 Å². The summed E-state index contributed by atoms with van der Waals surface area (Å²) < 4.78 is 0. The van der Waals surface area contributed by atoms with E-state index in [4.69, 9.17) is 15.9 Å². The first-order valence-corrected chi connectivity index (χ1v) is 8.20. The average Bonchev–Trinajstić information content (AvgIpc) is 3.04. The van der Waals surface area contributed by atoms with Crippen molar-refractivity contribution in [3.8, 4) is 0 Å². The van der Waals surface area contributed by atoms with Crippen LogP contribution in [0.1, 0.15) is 32.9 Å². The number of nitrogens with two attached hydrogens (primary N) is 1. The molecule has 0 saturated carbocycles. The number of carboxylic acid groups (broad SMARTS) is 2. The second-order valence-corrected chi connectivity index (χ2v) is 7.17. The maximum absolute atomic E-state index is 12.5. The smallest absolute Gasteiger partial charge is 0.326 e. The summed E-state index contributed by atoms with van der Waals surface area (Å²) in [4.78, 5) is 53.5. The van der Waals surface area contributed by atoms with E-state index in [-0.39, 0.29) is 6.42 Å². The summed E-state index contributed by atoms with van der Waals surface area (Å²) in [5, 5.41) is 22.5. The van der Waals surface area contributed by atoms with Crippen LogP contribution in [0.25, 0.3) is 0 Å². The summed E-state index contributed by atoms with van der Waals surface area (Å²) >= 11 is 0. The Hall–Kier alpha value is -2.95. The van der Waals surface area contributed by atoms with Crippen molar-refractivity contribution in [1.29, 1.82) is 0 Å². The number of hydrogen-bond acceptors (Lipinski definition) is 6. The average molecular weight is 383 g/mol. The molecular formula is C16H25N5O6. The maximum Gasteiger partial charge on any atom is 0.326 e. The fourth-order valence-electron chi connectivity index (χ4n) is 2.12. The Labute approximate surface area is 155 Å². The number of nitrogens with one attached hydrogen (secondary N) is 3. The van der Waals surface area contributed by atoms with Crippen LogP contribution in [-0.4, -0.2) is 62.1 Å². The molecule has 27 heavy (non-hydrogen) atoms. The maximum atomic E-state index is 12.5. The third-order valence-corrected chi connectivity index (χ3v) is 3.81. The first-order valence-electron chi connectivity index (χ1n) is 8.20. The van der Waals surface area contributed by atoms with Crippen molar-refractivity contribution in [2.45, 2.75) is 51.7 Å². The van der Waals surface area contributed by atoms with Gasteiger partial charge in [-0.25, -0.2) is 9.78 Å². The molecule has 0 aliphatic rings. The lowest BCUT2D eigenvalue weighted by molar-refractivity contribution is -0.147. The summed E-state index contributed by atoms with van der Waals surface area (Å²) in [5.74, 6) is -4.32. The van der Waals surface area contributed by atoms with Crippen molar-refractivity contribution >= 4 is 23.8 Å². The predicted molar refractivity (Wildman–Crippen MR) is 93.5 cm³/mol. The van der Waals surface area contributed by atoms with Gasteiger partial charge in [-0.05, 0) is 5.41 Å². The fraction of sp³-hybridized carbons (Fsp3) is 0.562. The van der Waals surface area contributed by atoms with Gasteiger partial charge in [0.05, 0.1) is 24.5 Å². The van der Waals surface area contributed by atoms with Gasteiger partial charge >= 0.3 is 11.9 Å². The van der Waals surface area contributed by atoms with E-state index < -0.39 is 53.7 Å². The van der Waals surface area contributed by atoms with Crippen molar-refractivity contribution < 1.29 is 29.4 Å². The summed E-state index contributed by atoms with van der Waals surface area (Å²) in [6.45, 7) is 5.27. The number of aromatic nitrogens is 2. The monoisotopic (exact) mass is 383 g/mol. The van der Waals surface area contributed by atoms with Crippen LogP contribution in [0.4, 0.5) is 0 Å². The van der Waals surface area contributed by atoms with E-state index >= 15 is 0 Å². The zero-order valence-corrected chi connectivity index (χ0v) is 15.4. The Morgan fingerprint density at radius 1 is 1.15 bits per heavy atom. The first kappa shape index (κ1) is 22.1. The SMILES string of the molecule is CC(C)(C)[C@H](N)C(=O)N[C@@H](Cc1c[nH]cn1)C(=O)N[C@@H](CC(=O)O)C(=O)O. The number of carbonyl (C=O) groups is 4. The van der Waals surface area contributed by atoms with Gasteiger partial charge < -0.3 is 31.6 Å². The Morgan fingerprint density at radius 2 is 1.74 bits per heavy atom. The van der Waals surface area contributed by atoms with Gasteiger partial charge in [0.2, 0.25) is 11.8 Å². The van der Waals surface area contributed by atoms with Crippen molar-refractivity contribution in [1.82, 2.24) is 20.6 Å². The molecule has 0 aliphatic heterocycles. The van der Waals surface area contributed by atoms with Crippen LogP contribution in [0.5, 0.6) is 0 Å². The van der Waals surface area contributed by atoms with Gasteiger partial charge in [0.15, 0.2) is 0 Å². The van der Waals surface area contributed by atoms with E-state index in [1.165, 1.54) is 12.5 Å². The first-order chi connectivity index (χ1) is 12.4. The van der Waals surface area contributed by atoms with Gasteiger partial charge in [-0.1, -0.05) is 20.8 Å². The van der Waals surface area contributed by atoms with Gasteiger partial charge in [0, 0.05) is 12.6 Å². The van der Waals surface area contributed by atoms with Crippen molar-refractivity contribution in [3.05, 3.63) is 18.2 Å². The standard InChI is InChI=1S/C16H25N5O6/c1-16(2,3)12(17)14(25)20-9(4-8-6-18-7-19-8)13(24)21-10(15(26)27)5-11(22)23/h6-7,9-10,12H,4-5,17H2,1-3H3,(H,18,19)(H,20,25)(H,21,24)(H,22,23)(H,26,27)/t9-,10-,12+/m0/s1. The van der Waals surface area contributed by atoms with E-state index in [2.05, 4.69) is 20.6 Å². The fourth-order valence-corrected chi connectivity index (χ4v) is 2.12. The number of carboxylic acids is 2. The van der Waals surface area contributed by atoms with Crippen LogP contribution in [0.15, 0.2) is 12.5 Å². The number of amides is 2. The lowest BCUT2D eigenvalue weighted by Gasteiger charge is -2.28. The third-order valence-electron chi connectivity index (χ3n) is 3.81. The third kappa shape index (κ3) is 7.05. The molecule has 3 atom stereocenters. The van der Waals surface area contributed by atoms with E-state index in [0.29, 0.717) is 5.69 Å². The minimum absolute atomic E-state index is 0.0304. The molecule has 1 aromatic rings. The number of hydrogen-bond donors (Lipinski definition) is 6. The number of H-pyrrole nitrogens is 1. The second kappa shape index (κ2) is 9.12. The van der Waals surface area contributed by atoms with Gasteiger partial charge in [-0.3, -0.25) is 14.4 Å². The van der Waals surface area contributed by atoms with E-state index in [1.54, 1.807) is 20.8 Å². The van der Waals surface area contributed by atoms with Crippen LogP contribution >= 0.6 is 0 Å². The van der Waals surface area contributed by atoms with E-state index in [1.807, 2.05) is 0 Å². The van der Waals surface area contributed by atoms with Gasteiger partial charge in [0.1, 0.15) is 12.1 Å². The minimum Gasteiger partial charge on any atom is -0.481 e. The van der Waals surface area contributed by atoms with Gasteiger partial charge in [0.25, 0.3) is 0 Å². The molecule has 11 nitrogen and oxygen atoms in total. The van der Waals surface area contributed by atoms with Crippen LogP contribution in [-0.2, 0) is 25.6 Å². The number of rotatable bonds is 9. The molecule has 1 rings (SSSR count). The number of aromatic amines is 1. The van der Waals surface area contributed by atoms with Crippen LogP contribution in [0.2, 0.25) is 0 Å². The minimum atomic E-state index is -1.63. The molecule has 0 bridgehead atoms. The highest BCUT2D eigenvalue weighted by Crippen LogP contribution is 2.17. The second-order valence-electron chi connectivity index (χ2n) is 7.17. The molecule has 0 saturated heterocycles. The Balaban J connectivity index is 2.96. The van der Waals surface area contributed by atoms with Crippen LogP contribution in [0.3, 0.4) is 0 Å². The summed E-state index contributed by atoms with van der Waals surface area (Å²) in [5.41, 5.74) is 5.78. The molecule has 150 valence electrons. The molecular weight excluding hydrogens is 358 g/mol. The number of aliphatic carboxylic acids is 2. The molecule has 0 radical (unpaired) electrons. The Bertz CT molecular complexity index is 682. The molecule has 11 heteroatoms. The van der Waals surface area contributed by atoms with Crippen molar-refractivity contribution in [3.63, 3.8) is 0 Å². The molecule has 1 aromatic heterocycles. The summed E-state index contributed by atoms with van der Waals surface area (Å²) in [6.07, 6.45) is 2.07. The Morgan fingerprint density at radius 3 is 2.19 bits per heavy atom. The molecule has 0 fully saturated rings. The lowest BCUT2D eigenvalue weighted by atomic mass is 9.86. The molecule has 1 heterocycles. The highest BCUT2D eigenvalue weighted by molar-refractivity contribution is 5.93. The number of carbonyl (C=O) groups excluding carboxylic acids is 2. The quantitative estimate of drug-likeness (QED) is 0.308. The van der Waals surface area contributed by atoms with Crippen molar-refractivity contribution in [2.24, 2.45) is 11.1 Å². The number of nitrogens with zero attached hydrogens (tertiary/aromatic N) is 1. The zero-order valence-electron chi connectivity index (χ0n) is 15.4. The van der Waals surface area contributed by atoms with E-state index in [0.717, 1.165) is 0 Å². The highest BCUT2D eigenvalue weighted by Gasteiger charge is 2.33.